The lowest BCUT2D eigenvalue weighted by Gasteiger charge is -2.34. The van der Waals surface area contributed by atoms with Gasteiger partial charge >= 0.3 is 5.97 Å². The minimum absolute atomic E-state index is 0.0772. The Morgan fingerprint density at radius 2 is 1.90 bits per heavy atom. The van der Waals surface area contributed by atoms with Gasteiger partial charge in [-0.05, 0) is 50.7 Å². The second kappa shape index (κ2) is 10.3. The number of aliphatic hydroxyl groups is 1. The molecule has 204 valence electrons. The van der Waals surface area contributed by atoms with Gasteiger partial charge in [-0.3, -0.25) is 4.98 Å². The maximum Gasteiger partial charge on any atom is 0.335 e. The second-order valence-corrected chi connectivity index (χ2v) is 11.8. The summed E-state index contributed by atoms with van der Waals surface area (Å²) in [6.07, 6.45) is 7.25. The molecule has 2 fully saturated rings. The molecule has 4 aromatic rings. The van der Waals surface area contributed by atoms with Crippen LogP contribution in [0.5, 0.6) is 5.75 Å². The molecule has 0 saturated heterocycles. The van der Waals surface area contributed by atoms with Crippen LogP contribution in [-0.2, 0) is 16.9 Å². The third-order valence-corrected chi connectivity index (χ3v) is 9.09. The molecule has 2 aliphatic carbocycles. The van der Waals surface area contributed by atoms with Gasteiger partial charge in [-0.2, -0.15) is 0 Å². The number of methoxy groups -OCH3 is 1. The third kappa shape index (κ3) is 4.98. The highest BCUT2D eigenvalue weighted by molar-refractivity contribution is 7.18. The van der Waals surface area contributed by atoms with Crippen LogP contribution in [0, 0.1) is 0 Å². The van der Waals surface area contributed by atoms with Crippen molar-refractivity contribution < 1.29 is 24.5 Å². The van der Waals surface area contributed by atoms with Crippen molar-refractivity contribution in [3.05, 3.63) is 56.5 Å². The van der Waals surface area contributed by atoms with Gasteiger partial charge in [0.25, 0.3) is 0 Å². The quantitative estimate of drug-likeness (QED) is 0.273. The molecule has 6 rings (SSSR count). The van der Waals surface area contributed by atoms with Crippen molar-refractivity contribution in [1.29, 1.82) is 0 Å². The summed E-state index contributed by atoms with van der Waals surface area (Å²) in [6.45, 7) is 0.285. The van der Waals surface area contributed by atoms with E-state index in [1.807, 2.05) is 0 Å². The van der Waals surface area contributed by atoms with Crippen LogP contribution in [0.4, 0.5) is 0 Å². The number of nitrogens with zero attached hydrogens (tertiary/aromatic N) is 5. The number of hydrogen-bond acceptors (Lipinski definition) is 9. The van der Waals surface area contributed by atoms with Gasteiger partial charge in [0.2, 0.25) is 0 Å². The predicted octanol–water partition coefficient (Wildman–Crippen LogP) is 5.51. The van der Waals surface area contributed by atoms with Crippen LogP contribution in [0.25, 0.3) is 15.9 Å². The van der Waals surface area contributed by atoms with Crippen LogP contribution < -0.4 is 4.74 Å². The summed E-state index contributed by atoms with van der Waals surface area (Å²) in [6, 6.07) is 3.01. The smallest absolute Gasteiger partial charge is 0.335 e. The van der Waals surface area contributed by atoms with Crippen LogP contribution in [0.15, 0.2) is 24.5 Å². The Hall–Kier alpha value is -2.83. The van der Waals surface area contributed by atoms with E-state index in [0.717, 1.165) is 24.2 Å². The molecule has 2 saturated carbocycles. The van der Waals surface area contributed by atoms with Gasteiger partial charge in [0.05, 0.1) is 51.5 Å². The summed E-state index contributed by atoms with van der Waals surface area (Å²) in [5.41, 5.74) is 1.79. The van der Waals surface area contributed by atoms with Crippen molar-refractivity contribution >= 4 is 50.7 Å². The number of rotatable bonds is 8. The molecule has 0 unspecified atom stereocenters. The third-order valence-electron chi connectivity index (χ3n) is 7.34. The van der Waals surface area contributed by atoms with Crippen LogP contribution >= 0.6 is 34.5 Å². The zero-order chi connectivity index (χ0) is 27.3. The van der Waals surface area contributed by atoms with Gasteiger partial charge in [0.15, 0.2) is 0 Å². The Balaban J connectivity index is 1.18. The fourth-order valence-electron chi connectivity index (χ4n) is 5.03. The van der Waals surface area contributed by atoms with Crippen LogP contribution in [0.1, 0.15) is 71.2 Å². The molecular weight excluding hydrogens is 565 g/mol. The summed E-state index contributed by atoms with van der Waals surface area (Å²) in [5.74, 6) is -0.318. The minimum atomic E-state index is -1.13. The Kier molecular flexibility index (Phi) is 6.96. The first-order valence-electron chi connectivity index (χ1n) is 12.6. The lowest BCUT2D eigenvalue weighted by molar-refractivity contribution is -0.0648. The molecule has 0 aliphatic heterocycles. The van der Waals surface area contributed by atoms with E-state index >= 15 is 0 Å². The molecular formula is C26H25Cl2N5O5S. The van der Waals surface area contributed by atoms with E-state index in [-0.39, 0.29) is 18.3 Å². The van der Waals surface area contributed by atoms with Gasteiger partial charge in [0, 0.05) is 18.3 Å². The fourth-order valence-corrected chi connectivity index (χ4v) is 6.72. The number of hydrogen-bond donors (Lipinski definition) is 2. The van der Waals surface area contributed by atoms with E-state index in [1.54, 1.807) is 10.7 Å². The highest BCUT2D eigenvalue weighted by Crippen LogP contribution is 2.44. The van der Waals surface area contributed by atoms with Crippen molar-refractivity contribution in [2.75, 3.05) is 7.11 Å². The number of fused-ring (bicyclic) bond motifs is 1. The average molecular weight is 590 g/mol. The van der Waals surface area contributed by atoms with Crippen LogP contribution in [-0.4, -0.2) is 54.4 Å². The number of carboxylic acid groups (broad SMARTS) is 1. The van der Waals surface area contributed by atoms with Gasteiger partial charge in [-0.15, -0.1) is 16.4 Å². The number of ether oxygens (including phenoxy) is 2. The number of carbonyl (C=O) groups is 1. The summed E-state index contributed by atoms with van der Waals surface area (Å²) >= 11 is 14.1. The number of benzene rings is 1. The van der Waals surface area contributed by atoms with Crippen molar-refractivity contribution in [2.24, 2.45) is 0 Å². The molecule has 2 aliphatic rings. The average Bonchev–Trinajstić information content (AvgIpc) is 3.52. The van der Waals surface area contributed by atoms with E-state index in [1.165, 1.54) is 36.9 Å². The maximum atomic E-state index is 11.5. The second-order valence-electron chi connectivity index (χ2n) is 9.95. The van der Waals surface area contributed by atoms with Crippen LogP contribution in [0.3, 0.4) is 0 Å². The van der Waals surface area contributed by atoms with Gasteiger partial charge < -0.3 is 19.7 Å². The largest absolute Gasteiger partial charge is 0.494 e. The molecule has 0 spiro atoms. The Bertz CT molecular complexity index is 1540. The summed E-state index contributed by atoms with van der Waals surface area (Å²) in [5, 5.41) is 31.0. The zero-order valence-electron chi connectivity index (χ0n) is 20.9. The molecule has 13 heteroatoms. The minimum Gasteiger partial charge on any atom is -0.494 e. The van der Waals surface area contributed by atoms with Crippen molar-refractivity contribution in [3.8, 4) is 11.4 Å². The molecule has 0 atom stereocenters. The highest BCUT2D eigenvalue weighted by atomic mass is 35.5. The molecule has 0 bridgehead atoms. The zero-order valence-corrected chi connectivity index (χ0v) is 23.3. The summed E-state index contributed by atoms with van der Waals surface area (Å²) < 4.78 is 14.0. The standard InChI is InChI=1S/C26H25Cl2N5O5S/c1-37-19-8-14(24(34)35)9-20-22(19)30-25(39-20)26(36)6-4-15(5-7-26)38-12-18-21(13-2-3-13)31-32-33(18)23-16(27)10-29-11-17(23)28/h8-11,13,15,36H,2-7,12H2,1H3,(H,34,35). The van der Waals surface area contributed by atoms with E-state index < -0.39 is 11.6 Å². The first-order valence-corrected chi connectivity index (χ1v) is 14.1. The monoisotopic (exact) mass is 589 g/mol. The molecule has 2 N–H and O–H groups in total. The topological polar surface area (TPSA) is 132 Å². The molecule has 0 radical (unpaired) electrons. The van der Waals surface area contributed by atoms with E-state index in [2.05, 4.69) is 20.3 Å². The maximum absolute atomic E-state index is 11.5. The van der Waals surface area contributed by atoms with Crippen molar-refractivity contribution in [2.45, 2.75) is 62.8 Å². The predicted molar refractivity (Wildman–Crippen MR) is 145 cm³/mol. The normalized spacial score (nSPS) is 21.4. The number of aromatic carboxylic acids is 1. The first kappa shape index (κ1) is 26.4. The molecule has 0 amide bonds. The fraction of sp³-hybridized carbons (Fsp3) is 0.423. The Morgan fingerprint density at radius 3 is 2.54 bits per heavy atom. The molecule has 3 aromatic heterocycles. The first-order chi connectivity index (χ1) is 18.8. The molecule has 3 heterocycles. The number of thiazole rings is 1. The number of halogens is 2. The van der Waals surface area contributed by atoms with Gasteiger partial charge in [-0.1, -0.05) is 28.4 Å². The van der Waals surface area contributed by atoms with E-state index in [9.17, 15) is 15.0 Å². The van der Waals surface area contributed by atoms with E-state index in [0.29, 0.717) is 68.3 Å². The van der Waals surface area contributed by atoms with Gasteiger partial charge in [0.1, 0.15) is 27.6 Å². The lowest BCUT2D eigenvalue weighted by atomic mass is 9.83. The van der Waals surface area contributed by atoms with Crippen molar-refractivity contribution in [3.63, 3.8) is 0 Å². The lowest BCUT2D eigenvalue weighted by Crippen LogP contribution is -2.34. The number of carboxylic acids is 1. The number of aromatic nitrogens is 5. The highest BCUT2D eigenvalue weighted by Gasteiger charge is 2.39. The summed E-state index contributed by atoms with van der Waals surface area (Å²) in [7, 11) is 1.48. The van der Waals surface area contributed by atoms with E-state index in [4.69, 9.17) is 32.7 Å². The van der Waals surface area contributed by atoms with Crippen molar-refractivity contribution in [1.82, 2.24) is 25.0 Å². The van der Waals surface area contributed by atoms with Crippen LogP contribution in [0.2, 0.25) is 10.0 Å². The molecule has 10 nitrogen and oxygen atoms in total. The molecule has 39 heavy (non-hydrogen) atoms. The van der Waals surface area contributed by atoms with Gasteiger partial charge in [-0.25, -0.2) is 14.5 Å². The Morgan fingerprint density at radius 1 is 1.18 bits per heavy atom. The Labute approximate surface area is 237 Å². The summed E-state index contributed by atoms with van der Waals surface area (Å²) in [4.78, 5) is 20.2. The number of pyridine rings is 1. The molecule has 1 aromatic carbocycles. The SMILES string of the molecule is COc1cc(C(=O)O)cc2sc(C3(O)CCC(OCc4c(C5CC5)nnn4-c4c(Cl)cncc4Cl)CC3)nc12.